The summed E-state index contributed by atoms with van der Waals surface area (Å²) >= 11 is 11.3. The summed E-state index contributed by atoms with van der Waals surface area (Å²) in [4.78, 5) is 0. The lowest BCUT2D eigenvalue weighted by molar-refractivity contribution is 0.260. The summed E-state index contributed by atoms with van der Waals surface area (Å²) in [5, 5.41) is 0. The Balaban J connectivity index is 2.27. The molecule has 0 spiro atoms. The molecule has 0 radical (unpaired) electrons. The Kier molecular flexibility index (Phi) is 10.6. The third kappa shape index (κ3) is 7.86. The molecule has 0 aromatic heterocycles. The van der Waals surface area contributed by atoms with Crippen molar-refractivity contribution in [1.29, 1.82) is 0 Å². The molecule has 4 heteroatoms. The predicted octanol–water partition coefficient (Wildman–Crippen LogP) is 5.26. The number of unbranched alkanes of at least 4 members (excludes halogenated alkanes) is 4. The second-order valence-corrected chi connectivity index (χ2v) is 5.40. The summed E-state index contributed by atoms with van der Waals surface area (Å²) in [6, 6.07) is 7.84. The fourth-order valence-electron chi connectivity index (χ4n) is 1.80. The molecule has 2 nitrogen and oxygen atoms in total. The van der Waals surface area contributed by atoms with Crippen molar-refractivity contribution < 1.29 is 9.47 Å². The van der Waals surface area contributed by atoms with Crippen molar-refractivity contribution in [2.75, 3.05) is 25.0 Å². The van der Waals surface area contributed by atoms with Gasteiger partial charge in [0.25, 0.3) is 0 Å². The van der Waals surface area contributed by atoms with E-state index in [0.717, 1.165) is 61.8 Å². The fourth-order valence-corrected chi connectivity index (χ4v) is 2.18. The zero-order valence-corrected chi connectivity index (χ0v) is 13.5. The third-order valence-corrected chi connectivity index (χ3v) is 3.45. The van der Waals surface area contributed by atoms with Gasteiger partial charge in [0.1, 0.15) is 0 Å². The van der Waals surface area contributed by atoms with E-state index < -0.39 is 0 Å². The van der Waals surface area contributed by atoms with Crippen LogP contribution in [0.2, 0.25) is 0 Å². The molecule has 0 aliphatic rings. The van der Waals surface area contributed by atoms with Gasteiger partial charge in [-0.2, -0.15) is 0 Å². The Bertz CT molecular complexity index is 312. The number of alkyl halides is 2. The number of para-hydroxylation sites is 2. The summed E-state index contributed by atoms with van der Waals surface area (Å²) in [6.07, 6.45) is 6.34. The van der Waals surface area contributed by atoms with Gasteiger partial charge in [0.15, 0.2) is 11.5 Å². The van der Waals surface area contributed by atoms with E-state index in [4.69, 9.17) is 32.7 Å². The molecular weight excluding hydrogens is 295 g/mol. The van der Waals surface area contributed by atoms with Gasteiger partial charge in [-0.25, -0.2) is 0 Å². The van der Waals surface area contributed by atoms with E-state index in [1.807, 2.05) is 24.3 Å². The third-order valence-electron chi connectivity index (χ3n) is 2.92. The first-order valence-electron chi connectivity index (χ1n) is 7.35. The van der Waals surface area contributed by atoms with E-state index in [1.165, 1.54) is 0 Å². The standard InChI is InChI=1S/C16H24Cl2O2/c17-11-5-1-7-13-19-15-9-3-4-10-16(15)20-14-8-2-6-12-18/h3-4,9-10H,1-2,5-8,11-14H2. The first-order valence-corrected chi connectivity index (χ1v) is 8.42. The van der Waals surface area contributed by atoms with Crippen molar-refractivity contribution in [2.45, 2.75) is 38.5 Å². The molecule has 0 unspecified atom stereocenters. The van der Waals surface area contributed by atoms with Crippen molar-refractivity contribution >= 4 is 23.2 Å². The Hall–Kier alpha value is -0.600. The van der Waals surface area contributed by atoms with Crippen LogP contribution in [-0.2, 0) is 0 Å². The average Bonchev–Trinajstić information content (AvgIpc) is 2.48. The summed E-state index contributed by atoms with van der Waals surface area (Å²) in [5.41, 5.74) is 0. The van der Waals surface area contributed by atoms with E-state index >= 15 is 0 Å². The maximum absolute atomic E-state index is 5.77. The Morgan fingerprint density at radius 2 is 1.10 bits per heavy atom. The van der Waals surface area contributed by atoms with Gasteiger partial charge in [-0.1, -0.05) is 12.1 Å². The second-order valence-electron chi connectivity index (χ2n) is 4.64. The number of ether oxygens (including phenoxy) is 2. The van der Waals surface area contributed by atoms with E-state index in [0.29, 0.717) is 13.2 Å². The van der Waals surface area contributed by atoms with Crippen LogP contribution < -0.4 is 9.47 Å². The van der Waals surface area contributed by atoms with Gasteiger partial charge >= 0.3 is 0 Å². The van der Waals surface area contributed by atoms with Crippen LogP contribution in [0.3, 0.4) is 0 Å². The minimum atomic E-state index is 0.712. The van der Waals surface area contributed by atoms with Crippen molar-refractivity contribution in [3.8, 4) is 11.5 Å². The van der Waals surface area contributed by atoms with E-state index in [2.05, 4.69) is 0 Å². The normalized spacial score (nSPS) is 10.5. The average molecular weight is 319 g/mol. The smallest absolute Gasteiger partial charge is 0.161 e. The number of hydrogen-bond acceptors (Lipinski definition) is 2. The maximum Gasteiger partial charge on any atom is 0.161 e. The molecule has 0 heterocycles. The Labute approximate surface area is 132 Å². The Morgan fingerprint density at radius 3 is 1.50 bits per heavy atom. The molecule has 1 aromatic carbocycles. The quantitative estimate of drug-likeness (QED) is 0.386. The predicted molar refractivity (Wildman–Crippen MR) is 86.6 cm³/mol. The van der Waals surface area contributed by atoms with Gasteiger partial charge in [0.05, 0.1) is 13.2 Å². The number of rotatable bonds is 12. The topological polar surface area (TPSA) is 18.5 Å². The first-order chi connectivity index (χ1) is 9.88. The van der Waals surface area contributed by atoms with Crippen LogP contribution in [0.5, 0.6) is 11.5 Å². The molecule has 0 saturated heterocycles. The zero-order chi connectivity index (χ0) is 14.5. The van der Waals surface area contributed by atoms with Gasteiger partial charge < -0.3 is 9.47 Å². The van der Waals surface area contributed by atoms with Crippen LogP contribution in [0.25, 0.3) is 0 Å². The van der Waals surface area contributed by atoms with E-state index in [1.54, 1.807) is 0 Å². The molecule has 114 valence electrons. The minimum Gasteiger partial charge on any atom is -0.490 e. The minimum absolute atomic E-state index is 0.712. The SMILES string of the molecule is ClCCCCCOc1ccccc1OCCCCCCl. The lowest BCUT2D eigenvalue weighted by Crippen LogP contribution is -2.02. The zero-order valence-electron chi connectivity index (χ0n) is 12.0. The molecule has 0 bridgehead atoms. The van der Waals surface area contributed by atoms with Crippen LogP contribution >= 0.6 is 23.2 Å². The summed E-state index contributed by atoms with van der Waals surface area (Å²) in [6.45, 7) is 1.42. The highest BCUT2D eigenvalue weighted by molar-refractivity contribution is 6.18. The maximum atomic E-state index is 5.77. The van der Waals surface area contributed by atoms with Crippen LogP contribution in [0.1, 0.15) is 38.5 Å². The molecule has 0 aliphatic carbocycles. The monoisotopic (exact) mass is 318 g/mol. The van der Waals surface area contributed by atoms with Gasteiger partial charge in [-0.15, -0.1) is 23.2 Å². The van der Waals surface area contributed by atoms with Crippen LogP contribution in [0.15, 0.2) is 24.3 Å². The van der Waals surface area contributed by atoms with Gasteiger partial charge in [0, 0.05) is 11.8 Å². The summed E-state index contributed by atoms with van der Waals surface area (Å²) in [7, 11) is 0. The molecular formula is C16H24Cl2O2. The molecule has 0 amide bonds. The summed E-state index contributed by atoms with van der Waals surface area (Å²) in [5.74, 6) is 3.11. The fraction of sp³-hybridized carbons (Fsp3) is 0.625. The highest BCUT2D eigenvalue weighted by Gasteiger charge is 2.03. The molecule has 1 aromatic rings. The van der Waals surface area contributed by atoms with Gasteiger partial charge in [-0.05, 0) is 50.7 Å². The molecule has 0 atom stereocenters. The molecule has 0 aliphatic heterocycles. The molecule has 0 fully saturated rings. The highest BCUT2D eigenvalue weighted by Crippen LogP contribution is 2.26. The second kappa shape index (κ2) is 12.2. The molecule has 20 heavy (non-hydrogen) atoms. The molecule has 0 saturated carbocycles. The number of hydrogen-bond donors (Lipinski definition) is 0. The largest absolute Gasteiger partial charge is 0.490 e. The van der Waals surface area contributed by atoms with Crippen LogP contribution in [0, 0.1) is 0 Å². The molecule has 0 N–H and O–H groups in total. The lowest BCUT2D eigenvalue weighted by Gasteiger charge is -2.12. The summed E-state index contributed by atoms with van der Waals surface area (Å²) < 4.78 is 11.5. The first kappa shape index (κ1) is 17.5. The number of halogens is 2. The molecule has 1 rings (SSSR count). The van der Waals surface area contributed by atoms with E-state index in [9.17, 15) is 0 Å². The lowest BCUT2D eigenvalue weighted by atomic mass is 10.2. The van der Waals surface area contributed by atoms with Gasteiger partial charge in [-0.3, -0.25) is 0 Å². The van der Waals surface area contributed by atoms with E-state index in [-0.39, 0.29) is 0 Å². The van der Waals surface area contributed by atoms with Crippen molar-refractivity contribution in [3.63, 3.8) is 0 Å². The Morgan fingerprint density at radius 1 is 0.650 bits per heavy atom. The van der Waals surface area contributed by atoms with Gasteiger partial charge in [0.2, 0.25) is 0 Å². The van der Waals surface area contributed by atoms with Crippen LogP contribution in [0.4, 0.5) is 0 Å². The number of benzene rings is 1. The van der Waals surface area contributed by atoms with Crippen molar-refractivity contribution in [1.82, 2.24) is 0 Å². The highest BCUT2D eigenvalue weighted by atomic mass is 35.5. The van der Waals surface area contributed by atoms with Crippen molar-refractivity contribution in [3.05, 3.63) is 24.3 Å². The van der Waals surface area contributed by atoms with Crippen molar-refractivity contribution in [2.24, 2.45) is 0 Å². The van der Waals surface area contributed by atoms with Crippen LogP contribution in [-0.4, -0.2) is 25.0 Å².